The fourth-order valence-corrected chi connectivity index (χ4v) is 2.71. The Morgan fingerprint density at radius 1 is 1.53 bits per heavy atom. The molecule has 0 saturated carbocycles. The molecule has 1 saturated heterocycles. The summed E-state index contributed by atoms with van der Waals surface area (Å²) in [5.74, 6) is 1.87. The summed E-state index contributed by atoms with van der Waals surface area (Å²) in [5, 5.41) is 3.47. The second-order valence-corrected chi connectivity index (χ2v) is 5.30. The molecule has 1 aliphatic heterocycles. The van der Waals surface area contributed by atoms with Crippen LogP contribution in [0.4, 0.5) is 5.82 Å². The van der Waals surface area contributed by atoms with Crippen molar-refractivity contribution >= 4 is 5.82 Å². The maximum atomic E-state index is 5.05. The highest BCUT2D eigenvalue weighted by Crippen LogP contribution is 2.23. The maximum Gasteiger partial charge on any atom is 0.131 e. The van der Waals surface area contributed by atoms with Gasteiger partial charge in [-0.15, -0.1) is 0 Å². The number of pyridine rings is 1. The van der Waals surface area contributed by atoms with Crippen LogP contribution in [-0.2, 0) is 4.74 Å². The number of hydrogen-bond donors (Lipinski definition) is 1. The lowest BCUT2D eigenvalue weighted by atomic mass is 9.97. The molecule has 1 atom stereocenters. The zero-order valence-corrected chi connectivity index (χ0v) is 12.1. The first-order valence-electron chi connectivity index (χ1n) is 7.17. The smallest absolute Gasteiger partial charge is 0.131 e. The zero-order chi connectivity index (χ0) is 13.5. The third kappa shape index (κ3) is 4.18. The lowest BCUT2D eigenvalue weighted by molar-refractivity contribution is 0.197. The van der Waals surface area contributed by atoms with Crippen LogP contribution in [0.15, 0.2) is 18.3 Å². The summed E-state index contributed by atoms with van der Waals surface area (Å²) in [6.45, 7) is 7.18. The van der Waals surface area contributed by atoms with Gasteiger partial charge in [0.05, 0.1) is 6.61 Å². The van der Waals surface area contributed by atoms with Gasteiger partial charge in [0, 0.05) is 32.9 Å². The Hall–Kier alpha value is -1.13. The van der Waals surface area contributed by atoms with Gasteiger partial charge >= 0.3 is 0 Å². The summed E-state index contributed by atoms with van der Waals surface area (Å²) < 4.78 is 5.05. The molecule has 1 aromatic rings. The first kappa shape index (κ1) is 14.3. The molecule has 1 fully saturated rings. The number of anilines is 1. The minimum absolute atomic E-state index is 0.715. The van der Waals surface area contributed by atoms with Crippen molar-refractivity contribution in [3.8, 4) is 0 Å². The van der Waals surface area contributed by atoms with Gasteiger partial charge in [0.1, 0.15) is 5.82 Å². The van der Waals surface area contributed by atoms with Crippen molar-refractivity contribution < 1.29 is 4.74 Å². The van der Waals surface area contributed by atoms with E-state index in [1.165, 1.54) is 18.4 Å². The van der Waals surface area contributed by atoms with Gasteiger partial charge < -0.3 is 15.0 Å². The first-order valence-corrected chi connectivity index (χ1v) is 7.17. The number of piperidine rings is 1. The second kappa shape index (κ2) is 7.46. The molecule has 0 aromatic carbocycles. The Labute approximate surface area is 116 Å². The minimum Gasteiger partial charge on any atom is -0.383 e. The molecule has 106 valence electrons. The molecule has 0 aliphatic carbocycles. The van der Waals surface area contributed by atoms with Gasteiger partial charge in [-0.3, -0.25) is 0 Å². The van der Waals surface area contributed by atoms with E-state index in [1.807, 2.05) is 12.3 Å². The van der Waals surface area contributed by atoms with Crippen LogP contribution in [0.2, 0.25) is 0 Å². The molecule has 19 heavy (non-hydrogen) atoms. The molecule has 0 amide bonds. The number of ether oxygens (including phenoxy) is 1. The van der Waals surface area contributed by atoms with Crippen molar-refractivity contribution in [2.75, 3.05) is 44.8 Å². The van der Waals surface area contributed by atoms with Crippen LogP contribution in [0.3, 0.4) is 0 Å². The number of nitrogens with zero attached hydrogens (tertiary/aromatic N) is 2. The second-order valence-electron chi connectivity index (χ2n) is 5.30. The van der Waals surface area contributed by atoms with Crippen molar-refractivity contribution in [3.05, 3.63) is 23.9 Å². The van der Waals surface area contributed by atoms with Crippen molar-refractivity contribution in [1.29, 1.82) is 0 Å². The maximum absolute atomic E-state index is 5.05. The SMILES string of the molecule is COCCNCC1CCCN(c2ncccc2C)C1. The van der Waals surface area contributed by atoms with E-state index in [9.17, 15) is 0 Å². The molecule has 1 N–H and O–H groups in total. The molecule has 4 nitrogen and oxygen atoms in total. The van der Waals surface area contributed by atoms with Gasteiger partial charge in [-0.2, -0.15) is 0 Å². The van der Waals surface area contributed by atoms with Gasteiger partial charge in [-0.1, -0.05) is 6.07 Å². The standard InChI is InChI=1S/C15H25N3O/c1-13-5-3-7-17-15(13)18-9-4-6-14(12-18)11-16-8-10-19-2/h3,5,7,14,16H,4,6,8-12H2,1-2H3. The van der Waals surface area contributed by atoms with Crippen molar-refractivity contribution in [2.24, 2.45) is 5.92 Å². The van der Waals surface area contributed by atoms with Crippen LogP contribution >= 0.6 is 0 Å². The quantitative estimate of drug-likeness (QED) is 0.795. The van der Waals surface area contributed by atoms with Gasteiger partial charge in [0.2, 0.25) is 0 Å². The third-order valence-corrected chi connectivity index (χ3v) is 3.72. The molecule has 0 radical (unpaired) electrons. The lowest BCUT2D eigenvalue weighted by Gasteiger charge is -2.34. The number of hydrogen-bond acceptors (Lipinski definition) is 4. The number of aryl methyl sites for hydroxylation is 1. The van der Waals surface area contributed by atoms with Crippen LogP contribution in [0, 0.1) is 12.8 Å². The number of methoxy groups -OCH3 is 1. The topological polar surface area (TPSA) is 37.4 Å². The van der Waals surface area contributed by atoms with E-state index in [4.69, 9.17) is 4.74 Å². The number of nitrogens with one attached hydrogen (secondary N) is 1. The summed E-state index contributed by atoms with van der Waals surface area (Å²) in [4.78, 5) is 6.96. The molecule has 0 bridgehead atoms. The number of aromatic nitrogens is 1. The fourth-order valence-electron chi connectivity index (χ4n) is 2.71. The summed E-state index contributed by atoms with van der Waals surface area (Å²) in [7, 11) is 1.74. The summed E-state index contributed by atoms with van der Waals surface area (Å²) in [5.41, 5.74) is 1.27. The average molecular weight is 263 g/mol. The van der Waals surface area contributed by atoms with Crippen molar-refractivity contribution in [2.45, 2.75) is 19.8 Å². The molecule has 1 unspecified atom stereocenters. The van der Waals surface area contributed by atoms with E-state index in [1.54, 1.807) is 7.11 Å². The monoisotopic (exact) mass is 263 g/mol. The predicted molar refractivity (Wildman–Crippen MR) is 78.7 cm³/mol. The van der Waals surface area contributed by atoms with E-state index in [0.717, 1.165) is 38.6 Å². The molecule has 1 aliphatic rings. The van der Waals surface area contributed by atoms with Gasteiger partial charge in [-0.05, 0) is 43.9 Å². The van der Waals surface area contributed by atoms with E-state index in [0.29, 0.717) is 5.92 Å². The molecular weight excluding hydrogens is 238 g/mol. The van der Waals surface area contributed by atoms with E-state index in [2.05, 4.69) is 28.2 Å². The molecule has 2 heterocycles. The highest BCUT2D eigenvalue weighted by Gasteiger charge is 2.21. The minimum atomic E-state index is 0.715. The largest absolute Gasteiger partial charge is 0.383 e. The predicted octanol–water partition coefficient (Wildman–Crippen LogP) is 1.84. The molecule has 2 rings (SSSR count). The molecule has 1 aromatic heterocycles. The van der Waals surface area contributed by atoms with Crippen molar-refractivity contribution in [3.63, 3.8) is 0 Å². The van der Waals surface area contributed by atoms with Gasteiger partial charge in [0.15, 0.2) is 0 Å². The van der Waals surface area contributed by atoms with E-state index in [-0.39, 0.29) is 0 Å². The van der Waals surface area contributed by atoms with Gasteiger partial charge in [-0.25, -0.2) is 4.98 Å². The van der Waals surface area contributed by atoms with Crippen molar-refractivity contribution in [1.82, 2.24) is 10.3 Å². The summed E-state index contributed by atoms with van der Waals surface area (Å²) >= 11 is 0. The Morgan fingerprint density at radius 3 is 3.21 bits per heavy atom. The normalized spacial score (nSPS) is 19.7. The summed E-state index contributed by atoms with van der Waals surface area (Å²) in [6.07, 6.45) is 4.46. The van der Waals surface area contributed by atoms with E-state index >= 15 is 0 Å². The Kier molecular flexibility index (Phi) is 5.61. The zero-order valence-electron chi connectivity index (χ0n) is 12.1. The van der Waals surface area contributed by atoms with Crippen LogP contribution < -0.4 is 10.2 Å². The molecular formula is C15H25N3O. The Bertz CT molecular complexity index is 383. The highest BCUT2D eigenvalue weighted by atomic mass is 16.5. The number of rotatable bonds is 6. The molecule has 0 spiro atoms. The average Bonchev–Trinajstić information content (AvgIpc) is 2.44. The van der Waals surface area contributed by atoms with E-state index < -0.39 is 0 Å². The molecule has 4 heteroatoms. The Morgan fingerprint density at radius 2 is 2.42 bits per heavy atom. The van der Waals surface area contributed by atoms with Crippen LogP contribution in [0.1, 0.15) is 18.4 Å². The van der Waals surface area contributed by atoms with Crippen LogP contribution in [0.5, 0.6) is 0 Å². The van der Waals surface area contributed by atoms with Crippen LogP contribution in [0.25, 0.3) is 0 Å². The van der Waals surface area contributed by atoms with Gasteiger partial charge in [0.25, 0.3) is 0 Å². The lowest BCUT2D eigenvalue weighted by Crippen LogP contribution is -2.40. The Balaban J connectivity index is 1.85. The third-order valence-electron chi connectivity index (χ3n) is 3.72. The first-order chi connectivity index (χ1) is 9.31. The highest BCUT2D eigenvalue weighted by molar-refractivity contribution is 5.46. The van der Waals surface area contributed by atoms with Crippen LogP contribution in [-0.4, -0.2) is 44.9 Å². The fraction of sp³-hybridized carbons (Fsp3) is 0.667. The summed E-state index contributed by atoms with van der Waals surface area (Å²) in [6, 6.07) is 4.15.